The fourth-order valence-corrected chi connectivity index (χ4v) is 3.12. The number of methoxy groups -OCH3 is 1. The summed E-state index contributed by atoms with van der Waals surface area (Å²) >= 11 is 7.41. The summed E-state index contributed by atoms with van der Waals surface area (Å²) in [4.78, 5) is 16.3. The summed E-state index contributed by atoms with van der Waals surface area (Å²) in [6.45, 7) is -0.199. The zero-order chi connectivity index (χ0) is 18.5. The fraction of sp³-hybridized carbons (Fsp3) is 0.111. The Kier molecular flexibility index (Phi) is 5.70. The number of hydrogen-bond donors (Lipinski definition) is 1. The van der Waals surface area contributed by atoms with E-state index in [0.717, 1.165) is 5.56 Å². The van der Waals surface area contributed by atoms with Crippen LogP contribution in [0.4, 0.5) is 9.52 Å². The molecule has 3 aromatic rings. The topological polar surface area (TPSA) is 60.5 Å². The molecular weight excluding hydrogens is 379 g/mol. The summed E-state index contributed by atoms with van der Waals surface area (Å²) in [5.74, 6) is 0.269. The Morgan fingerprint density at radius 2 is 2.04 bits per heavy atom. The molecule has 0 fully saturated rings. The van der Waals surface area contributed by atoms with Crippen LogP contribution in [0.5, 0.6) is 11.5 Å². The molecule has 0 spiro atoms. The number of hydrogen-bond acceptors (Lipinski definition) is 5. The Morgan fingerprint density at radius 3 is 2.73 bits per heavy atom. The maximum absolute atomic E-state index is 12.8. The highest BCUT2D eigenvalue weighted by atomic mass is 35.5. The molecule has 0 saturated heterocycles. The molecule has 1 N–H and O–H groups in total. The second kappa shape index (κ2) is 8.16. The summed E-state index contributed by atoms with van der Waals surface area (Å²) < 4.78 is 23.2. The molecule has 8 heteroatoms. The molecule has 0 unspecified atom stereocenters. The number of aromatic nitrogens is 1. The van der Waals surface area contributed by atoms with E-state index < -0.39 is 0 Å². The third kappa shape index (κ3) is 4.50. The lowest BCUT2D eigenvalue weighted by atomic mass is 10.2. The zero-order valence-electron chi connectivity index (χ0n) is 13.7. The number of nitrogens with one attached hydrogen (secondary N) is 1. The number of rotatable bonds is 6. The van der Waals surface area contributed by atoms with Crippen molar-refractivity contribution in [2.75, 3.05) is 19.0 Å². The van der Waals surface area contributed by atoms with Crippen LogP contribution in [-0.2, 0) is 4.79 Å². The second-order valence-corrected chi connectivity index (χ2v) is 6.44. The Morgan fingerprint density at radius 1 is 1.27 bits per heavy atom. The molecule has 0 saturated carbocycles. The number of carbonyl (C=O) groups is 1. The van der Waals surface area contributed by atoms with Gasteiger partial charge in [-0.25, -0.2) is 9.37 Å². The van der Waals surface area contributed by atoms with E-state index in [4.69, 9.17) is 21.1 Å². The van der Waals surface area contributed by atoms with Gasteiger partial charge in [0.2, 0.25) is 0 Å². The Labute approximate surface area is 158 Å². The van der Waals surface area contributed by atoms with Crippen molar-refractivity contribution in [1.82, 2.24) is 4.98 Å². The number of carbonyl (C=O) groups excluding carboxylic acids is 1. The van der Waals surface area contributed by atoms with Crippen molar-refractivity contribution >= 4 is 34.0 Å². The third-order valence-electron chi connectivity index (χ3n) is 3.38. The highest BCUT2D eigenvalue weighted by Crippen LogP contribution is 2.31. The molecule has 5 nitrogen and oxygen atoms in total. The molecule has 1 aromatic heterocycles. The summed E-state index contributed by atoms with van der Waals surface area (Å²) in [7, 11) is 1.55. The van der Waals surface area contributed by atoms with Crippen molar-refractivity contribution in [2.45, 2.75) is 0 Å². The van der Waals surface area contributed by atoms with Crippen LogP contribution in [0.3, 0.4) is 0 Å². The molecule has 0 aliphatic rings. The smallest absolute Gasteiger partial charge is 0.264 e. The van der Waals surface area contributed by atoms with Crippen molar-refractivity contribution in [3.8, 4) is 22.8 Å². The van der Waals surface area contributed by atoms with Crippen LogP contribution in [-0.4, -0.2) is 24.6 Å². The standard InChI is InChI=1S/C18H14ClFN2O3S/c1-24-16-7-2-11(8-14(16)19)15-10-26-18(21-15)22-17(23)9-25-13-5-3-12(20)4-6-13/h2-8,10H,9H2,1H3,(H,21,22,23). The van der Waals surface area contributed by atoms with Gasteiger partial charge in [0.1, 0.15) is 17.3 Å². The van der Waals surface area contributed by atoms with Crippen molar-refractivity contribution in [2.24, 2.45) is 0 Å². The molecule has 0 aliphatic carbocycles. The summed E-state index contributed by atoms with van der Waals surface area (Å²) in [6.07, 6.45) is 0. The van der Waals surface area contributed by atoms with E-state index in [1.54, 1.807) is 19.2 Å². The maximum Gasteiger partial charge on any atom is 0.264 e. The minimum Gasteiger partial charge on any atom is -0.495 e. The van der Waals surface area contributed by atoms with Gasteiger partial charge >= 0.3 is 0 Å². The minimum atomic E-state index is -0.365. The normalized spacial score (nSPS) is 10.4. The fourth-order valence-electron chi connectivity index (χ4n) is 2.12. The van der Waals surface area contributed by atoms with Crippen LogP contribution in [0.15, 0.2) is 47.8 Å². The van der Waals surface area contributed by atoms with Crippen LogP contribution in [0, 0.1) is 5.82 Å². The zero-order valence-corrected chi connectivity index (χ0v) is 15.2. The SMILES string of the molecule is COc1ccc(-c2csc(NC(=O)COc3ccc(F)cc3)n2)cc1Cl. The van der Waals surface area contributed by atoms with Gasteiger partial charge in [-0.05, 0) is 42.5 Å². The van der Waals surface area contributed by atoms with Crippen LogP contribution >= 0.6 is 22.9 Å². The van der Waals surface area contributed by atoms with Gasteiger partial charge in [-0.15, -0.1) is 11.3 Å². The van der Waals surface area contributed by atoms with Crippen molar-refractivity contribution in [3.05, 3.63) is 58.7 Å². The average molecular weight is 393 g/mol. The van der Waals surface area contributed by atoms with E-state index >= 15 is 0 Å². The molecule has 3 rings (SSSR count). The first-order valence-corrected chi connectivity index (χ1v) is 8.78. The molecule has 0 radical (unpaired) electrons. The molecule has 1 heterocycles. The predicted octanol–water partition coefficient (Wildman–Crippen LogP) is 4.63. The largest absolute Gasteiger partial charge is 0.495 e. The highest BCUT2D eigenvalue weighted by molar-refractivity contribution is 7.14. The van der Waals surface area contributed by atoms with E-state index in [1.165, 1.54) is 35.6 Å². The summed E-state index contributed by atoms with van der Waals surface area (Å²) in [5.41, 5.74) is 1.50. The summed E-state index contributed by atoms with van der Waals surface area (Å²) in [5, 5.41) is 5.40. The number of halogens is 2. The summed E-state index contributed by atoms with van der Waals surface area (Å²) in [6, 6.07) is 10.8. The lowest BCUT2D eigenvalue weighted by molar-refractivity contribution is -0.118. The number of thiazole rings is 1. The van der Waals surface area contributed by atoms with Crippen molar-refractivity contribution in [1.29, 1.82) is 0 Å². The minimum absolute atomic E-state index is 0.199. The van der Waals surface area contributed by atoms with E-state index in [-0.39, 0.29) is 18.3 Å². The lowest BCUT2D eigenvalue weighted by Gasteiger charge is -2.05. The molecular formula is C18H14ClFN2O3S. The molecule has 0 aliphatic heterocycles. The number of nitrogens with zero attached hydrogens (tertiary/aromatic N) is 1. The van der Waals surface area contributed by atoms with Gasteiger partial charge in [-0.1, -0.05) is 11.6 Å². The number of benzene rings is 2. The van der Waals surface area contributed by atoms with Gasteiger partial charge in [0, 0.05) is 10.9 Å². The van der Waals surface area contributed by atoms with E-state index in [2.05, 4.69) is 10.3 Å². The first-order valence-electron chi connectivity index (χ1n) is 7.53. The monoisotopic (exact) mass is 392 g/mol. The second-order valence-electron chi connectivity index (χ2n) is 5.18. The van der Waals surface area contributed by atoms with Gasteiger partial charge in [-0.2, -0.15) is 0 Å². The van der Waals surface area contributed by atoms with Crippen LogP contribution < -0.4 is 14.8 Å². The van der Waals surface area contributed by atoms with E-state index in [9.17, 15) is 9.18 Å². The van der Waals surface area contributed by atoms with Gasteiger partial charge in [-0.3, -0.25) is 10.1 Å². The Balaban J connectivity index is 1.60. The average Bonchev–Trinajstić information content (AvgIpc) is 3.09. The van der Waals surface area contributed by atoms with Crippen LogP contribution in [0.1, 0.15) is 0 Å². The van der Waals surface area contributed by atoms with Gasteiger partial charge < -0.3 is 9.47 Å². The molecule has 2 aromatic carbocycles. The molecule has 134 valence electrons. The van der Waals surface area contributed by atoms with Crippen molar-refractivity contribution < 1.29 is 18.7 Å². The molecule has 1 amide bonds. The quantitative estimate of drug-likeness (QED) is 0.664. The van der Waals surface area contributed by atoms with Crippen LogP contribution in [0.25, 0.3) is 11.3 Å². The predicted molar refractivity (Wildman–Crippen MR) is 99.6 cm³/mol. The van der Waals surface area contributed by atoms with E-state index in [1.807, 2.05) is 11.4 Å². The van der Waals surface area contributed by atoms with Gasteiger partial charge in [0.05, 0.1) is 17.8 Å². The van der Waals surface area contributed by atoms with Gasteiger partial charge in [0.25, 0.3) is 5.91 Å². The maximum atomic E-state index is 12.8. The van der Waals surface area contributed by atoms with E-state index in [0.29, 0.717) is 27.3 Å². The third-order valence-corrected chi connectivity index (χ3v) is 4.43. The Hall–Kier alpha value is -2.64. The first-order chi connectivity index (χ1) is 12.5. The van der Waals surface area contributed by atoms with Crippen LogP contribution in [0.2, 0.25) is 5.02 Å². The van der Waals surface area contributed by atoms with Gasteiger partial charge in [0.15, 0.2) is 11.7 Å². The Bertz CT molecular complexity index is 915. The molecule has 0 bridgehead atoms. The number of ether oxygens (including phenoxy) is 2. The molecule has 0 atom stereocenters. The van der Waals surface area contributed by atoms with Crippen molar-refractivity contribution in [3.63, 3.8) is 0 Å². The number of amides is 1. The highest BCUT2D eigenvalue weighted by Gasteiger charge is 2.10. The first kappa shape index (κ1) is 18.2. The lowest BCUT2D eigenvalue weighted by Crippen LogP contribution is -2.20. The molecule has 26 heavy (non-hydrogen) atoms. The number of anilines is 1.